The summed E-state index contributed by atoms with van der Waals surface area (Å²) in [7, 11) is 0. The number of thiophene rings is 1. The van der Waals surface area contributed by atoms with Gasteiger partial charge in [0, 0.05) is 22.9 Å². The van der Waals surface area contributed by atoms with Crippen molar-refractivity contribution in [2.45, 2.75) is 38.8 Å². The molecule has 9 nitrogen and oxygen atoms in total. The van der Waals surface area contributed by atoms with Crippen molar-refractivity contribution in [2.24, 2.45) is 0 Å². The van der Waals surface area contributed by atoms with E-state index in [1.165, 1.54) is 23.7 Å². The first-order valence-corrected chi connectivity index (χ1v) is 10.8. The number of furan rings is 1. The topological polar surface area (TPSA) is 130 Å². The summed E-state index contributed by atoms with van der Waals surface area (Å²) in [6, 6.07) is 5.66. The van der Waals surface area contributed by atoms with Gasteiger partial charge in [-0.05, 0) is 43.5 Å². The summed E-state index contributed by atoms with van der Waals surface area (Å²) in [5.74, 6) is 0.847. The first-order chi connectivity index (χ1) is 15.5. The van der Waals surface area contributed by atoms with Crippen LogP contribution in [0, 0.1) is 18.3 Å². The number of hydrogen-bond donors (Lipinski definition) is 2. The smallest absolute Gasteiger partial charge is 0.407 e. The molecule has 2 N–H and O–H groups in total. The molecule has 3 aromatic rings. The fourth-order valence-electron chi connectivity index (χ4n) is 3.41. The second kappa shape index (κ2) is 9.53. The largest absolute Gasteiger partial charge is 0.465 e. The maximum absolute atomic E-state index is 12.3. The zero-order valence-corrected chi connectivity index (χ0v) is 18.0. The first kappa shape index (κ1) is 21.4. The molecule has 3 heterocycles. The van der Waals surface area contributed by atoms with Crippen LogP contribution in [0.25, 0.3) is 6.08 Å². The molecule has 4 rings (SSSR count). The number of aromatic nitrogens is 1. The number of anilines is 1. The van der Waals surface area contributed by atoms with Crippen LogP contribution in [0.5, 0.6) is 0 Å². The van der Waals surface area contributed by atoms with Gasteiger partial charge in [0.15, 0.2) is 0 Å². The Morgan fingerprint density at radius 2 is 2.34 bits per heavy atom. The Morgan fingerprint density at radius 1 is 1.47 bits per heavy atom. The minimum absolute atomic E-state index is 0.269. The highest BCUT2D eigenvalue weighted by Gasteiger charge is 2.28. The molecule has 32 heavy (non-hydrogen) atoms. The lowest BCUT2D eigenvalue weighted by Gasteiger charge is -2.22. The number of nitrogens with zero attached hydrogens (tertiary/aromatic N) is 2. The van der Waals surface area contributed by atoms with Crippen LogP contribution in [0.3, 0.4) is 0 Å². The summed E-state index contributed by atoms with van der Waals surface area (Å²) < 4.78 is 15.7. The Hall–Kier alpha value is -3.84. The van der Waals surface area contributed by atoms with Crippen molar-refractivity contribution >= 4 is 34.4 Å². The molecule has 0 fully saturated rings. The molecule has 0 radical (unpaired) electrons. The van der Waals surface area contributed by atoms with Crippen LogP contribution >= 0.6 is 11.3 Å². The molecule has 0 saturated carbocycles. The summed E-state index contributed by atoms with van der Waals surface area (Å²) in [5, 5.41) is 19.3. The normalized spacial score (nSPS) is 15.2. The summed E-state index contributed by atoms with van der Waals surface area (Å²) in [5.41, 5.74) is 2.16. The van der Waals surface area contributed by atoms with Gasteiger partial charge in [0.1, 0.15) is 28.7 Å². The lowest BCUT2D eigenvalue weighted by molar-refractivity contribution is -0.111. The van der Waals surface area contributed by atoms with E-state index in [4.69, 9.17) is 13.7 Å². The SMILES string of the molecule is Cc1oncc1CNC(=O)OC1CCc2c(sc(NC(=O)/C=C/c3ccco3)c2C#N)C1. The molecular weight excluding hydrogens is 432 g/mol. The van der Waals surface area contributed by atoms with E-state index < -0.39 is 6.09 Å². The van der Waals surface area contributed by atoms with Gasteiger partial charge in [0.05, 0.1) is 24.6 Å². The molecule has 1 atom stereocenters. The number of amides is 2. The summed E-state index contributed by atoms with van der Waals surface area (Å²) in [4.78, 5) is 25.4. The standard InChI is InChI=1S/C22H20N4O5S/c1-13-14(12-25-31-13)11-24-22(28)30-16-4-6-17-18(10-23)21(32-19(17)9-16)26-20(27)7-5-15-3-2-8-29-15/h2-3,5,7-8,12,16H,4,6,9,11H2,1H3,(H,24,28)(H,26,27)/b7-5+. The molecule has 1 aliphatic carbocycles. The lowest BCUT2D eigenvalue weighted by Crippen LogP contribution is -2.31. The maximum Gasteiger partial charge on any atom is 0.407 e. The first-order valence-electron chi connectivity index (χ1n) is 9.95. The fourth-order valence-corrected chi connectivity index (χ4v) is 4.67. The highest BCUT2D eigenvalue weighted by Crippen LogP contribution is 2.38. The number of nitrogens with one attached hydrogen (secondary N) is 2. The number of fused-ring (bicyclic) bond motifs is 1. The molecule has 2 amide bonds. The number of aryl methyl sites for hydroxylation is 1. The Bertz CT molecular complexity index is 1190. The second-order valence-electron chi connectivity index (χ2n) is 7.19. The van der Waals surface area contributed by atoms with Crippen molar-refractivity contribution in [3.8, 4) is 6.07 Å². The molecule has 164 valence electrons. The average Bonchev–Trinajstić information content (AvgIpc) is 3.50. The Morgan fingerprint density at radius 3 is 3.06 bits per heavy atom. The van der Waals surface area contributed by atoms with Crippen LogP contribution in [-0.2, 0) is 28.9 Å². The average molecular weight is 452 g/mol. The van der Waals surface area contributed by atoms with Crippen LogP contribution in [0.4, 0.5) is 9.80 Å². The number of ether oxygens (including phenoxy) is 1. The second-order valence-corrected chi connectivity index (χ2v) is 8.29. The van der Waals surface area contributed by atoms with E-state index in [-0.39, 0.29) is 18.6 Å². The Labute approximate surface area is 187 Å². The molecule has 1 unspecified atom stereocenters. The van der Waals surface area contributed by atoms with Gasteiger partial charge in [0.2, 0.25) is 5.91 Å². The number of carbonyl (C=O) groups is 2. The van der Waals surface area contributed by atoms with E-state index in [9.17, 15) is 14.9 Å². The number of carbonyl (C=O) groups excluding carboxylic acids is 2. The van der Waals surface area contributed by atoms with Crippen molar-refractivity contribution in [2.75, 3.05) is 5.32 Å². The van der Waals surface area contributed by atoms with Crippen LogP contribution in [0.2, 0.25) is 0 Å². The quantitative estimate of drug-likeness (QED) is 0.542. The highest BCUT2D eigenvalue weighted by molar-refractivity contribution is 7.16. The van der Waals surface area contributed by atoms with Crippen molar-refractivity contribution < 1.29 is 23.3 Å². The number of nitriles is 1. The predicted octanol–water partition coefficient (Wildman–Crippen LogP) is 3.94. The van der Waals surface area contributed by atoms with Gasteiger partial charge in [-0.2, -0.15) is 5.26 Å². The molecule has 0 aromatic carbocycles. The van der Waals surface area contributed by atoms with Crippen molar-refractivity contribution in [3.63, 3.8) is 0 Å². The van der Waals surface area contributed by atoms with Crippen LogP contribution in [0.1, 0.15) is 39.5 Å². The van der Waals surface area contributed by atoms with Gasteiger partial charge < -0.3 is 24.3 Å². The van der Waals surface area contributed by atoms with Crippen LogP contribution in [-0.4, -0.2) is 23.3 Å². The van der Waals surface area contributed by atoms with Crippen LogP contribution < -0.4 is 10.6 Å². The van der Waals surface area contributed by atoms with E-state index in [0.29, 0.717) is 41.3 Å². The Kier molecular flexibility index (Phi) is 6.37. The van der Waals surface area contributed by atoms with E-state index in [1.54, 1.807) is 31.3 Å². The van der Waals surface area contributed by atoms with Gasteiger partial charge in [-0.1, -0.05) is 5.16 Å². The van der Waals surface area contributed by atoms with E-state index in [0.717, 1.165) is 16.0 Å². The third kappa shape index (κ3) is 4.90. The molecule has 0 bridgehead atoms. The molecule has 10 heteroatoms. The summed E-state index contributed by atoms with van der Waals surface area (Å²) in [6.07, 6.45) is 6.84. The molecule has 1 aliphatic rings. The van der Waals surface area contributed by atoms with Crippen molar-refractivity contribution in [1.82, 2.24) is 10.5 Å². The lowest BCUT2D eigenvalue weighted by atomic mass is 9.94. The monoisotopic (exact) mass is 452 g/mol. The molecule has 3 aromatic heterocycles. The van der Waals surface area contributed by atoms with E-state index >= 15 is 0 Å². The Balaban J connectivity index is 1.36. The van der Waals surface area contributed by atoms with E-state index in [1.807, 2.05) is 0 Å². The minimum Gasteiger partial charge on any atom is -0.465 e. The summed E-state index contributed by atoms with van der Waals surface area (Å²) in [6.45, 7) is 2.04. The fraction of sp³-hybridized carbons (Fsp3) is 0.273. The molecular formula is C22H20N4O5S. The zero-order chi connectivity index (χ0) is 22.5. The van der Waals surface area contributed by atoms with Gasteiger partial charge in [0.25, 0.3) is 0 Å². The van der Waals surface area contributed by atoms with Crippen molar-refractivity contribution in [3.05, 3.63) is 63.8 Å². The predicted molar refractivity (Wildman–Crippen MR) is 116 cm³/mol. The van der Waals surface area contributed by atoms with Gasteiger partial charge in [-0.15, -0.1) is 11.3 Å². The number of alkyl carbamates (subject to hydrolysis) is 1. The minimum atomic E-state index is -0.521. The zero-order valence-electron chi connectivity index (χ0n) is 17.2. The van der Waals surface area contributed by atoms with Gasteiger partial charge in [-0.25, -0.2) is 4.79 Å². The van der Waals surface area contributed by atoms with E-state index in [2.05, 4.69) is 21.9 Å². The molecule has 0 saturated heterocycles. The number of hydrogen-bond acceptors (Lipinski definition) is 8. The third-order valence-corrected chi connectivity index (χ3v) is 6.23. The summed E-state index contributed by atoms with van der Waals surface area (Å²) >= 11 is 1.34. The third-order valence-electron chi connectivity index (χ3n) is 5.06. The highest BCUT2D eigenvalue weighted by atomic mass is 32.1. The number of rotatable bonds is 6. The maximum atomic E-state index is 12.3. The van der Waals surface area contributed by atoms with Gasteiger partial charge in [-0.3, -0.25) is 4.79 Å². The molecule has 0 spiro atoms. The van der Waals surface area contributed by atoms with Crippen molar-refractivity contribution in [1.29, 1.82) is 5.26 Å². The van der Waals surface area contributed by atoms with Crippen LogP contribution in [0.15, 0.2) is 39.6 Å². The molecule has 0 aliphatic heterocycles. The van der Waals surface area contributed by atoms with Gasteiger partial charge >= 0.3 is 6.09 Å².